The van der Waals surface area contributed by atoms with Gasteiger partial charge in [0.15, 0.2) is 5.69 Å². The number of carbonyl (C=O) groups excluding carboxylic acids is 1. The first-order valence-corrected chi connectivity index (χ1v) is 6.33. The van der Waals surface area contributed by atoms with Crippen LogP contribution in [0.5, 0.6) is 0 Å². The summed E-state index contributed by atoms with van der Waals surface area (Å²) in [6, 6.07) is 0.202. The highest BCUT2D eigenvalue weighted by molar-refractivity contribution is 6.99. The Labute approximate surface area is 111 Å². The monoisotopic (exact) mass is 276 g/mol. The van der Waals surface area contributed by atoms with Crippen LogP contribution in [-0.4, -0.2) is 27.2 Å². The number of carbonyl (C=O) groups is 1. The van der Waals surface area contributed by atoms with Crippen LogP contribution in [0.25, 0.3) is 0 Å². The molecular weight excluding hydrogens is 260 g/mol. The molecule has 96 valence electrons. The summed E-state index contributed by atoms with van der Waals surface area (Å²) in [5.74, 6) is 0.281. The molecule has 0 radical (unpaired) electrons. The molecule has 0 aromatic carbocycles. The average Bonchev–Trinajstić information content (AvgIpc) is 2.83. The number of hydrogen-bond donors (Lipinski definition) is 2. The third-order valence-corrected chi connectivity index (χ3v) is 3.60. The van der Waals surface area contributed by atoms with Crippen LogP contribution >= 0.6 is 24.1 Å². The summed E-state index contributed by atoms with van der Waals surface area (Å²) in [5, 5.41) is 3.01. The molecule has 2 unspecified atom stereocenters. The van der Waals surface area contributed by atoms with E-state index in [1.54, 1.807) is 0 Å². The molecule has 1 aliphatic rings. The van der Waals surface area contributed by atoms with Gasteiger partial charge in [-0.1, -0.05) is 12.8 Å². The predicted molar refractivity (Wildman–Crippen MR) is 69.4 cm³/mol. The number of hydrogen-bond acceptors (Lipinski definition) is 5. The third kappa shape index (κ3) is 3.62. The number of rotatable bonds is 3. The minimum absolute atomic E-state index is 0. The molecule has 0 aliphatic heterocycles. The Morgan fingerprint density at radius 1 is 1.53 bits per heavy atom. The summed E-state index contributed by atoms with van der Waals surface area (Å²) in [4.78, 5) is 11.8. The van der Waals surface area contributed by atoms with Crippen molar-refractivity contribution in [3.05, 3.63) is 11.9 Å². The number of amides is 1. The molecule has 2 rings (SSSR count). The number of nitrogens with zero attached hydrogens (tertiary/aromatic N) is 2. The van der Waals surface area contributed by atoms with E-state index in [0.29, 0.717) is 18.2 Å². The molecule has 0 saturated heterocycles. The summed E-state index contributed by atoms with van der Waals surface area (Å²) in [6.45, 7) is 0.639. The van der Waals surface area contributed by atoms with Crippen LogP contribution in [-0.2, 0) is 0 Å². The van der Waals surface area contributed by atoms with Crippen LogP contribution in [0.1, 0.15) is 36.2 Å². The highest BCUT2D eigenvalue weighted by Gasteiger charge is 2.26. The Balaban J connectivity index is 0.00000144. The fraction of sp³-hybridized carbons (Fsp3) is 0.700. The van der Waals surface area contributed by atoms with Crippen molar-refractivity contribution in [1.82, 2.24) is 14.1 Å². The molecule has 17 heavy (non-hydrogen) atoms. The second-order valence-electron chi connectivity index (χ2n) is 4.15. The quantitative estimate of drug-likeness (QED) is 0.869. The zero-order chi connectivity index (χ0) is 11.4. The molecule has 0 spiro atoms. The molecule has 0 bridgehead atoms. The fourth-order valence-corrected chi connectivity index (χ4v) is 2.60. The largest absolute Gasteiger partial charge is 0.348 e. The van der Waals surface area contributed by atoms with Gasteiger partial charge < -0.3 is 11.1 Å². The summed E-state index contributed by atoms with van der Waals surface area (Å²) >= 11 is 1.05. The van der Waals surface area contributed by atoms with E-state index in [9.17, 15) is 4.79 Å². The maximum atomic E-state index is 11.8. The number of halogens is 1. The van der Waals surface area contributed by atoms with Crippen molar-refractivity contribution >= 4 is 30.0 Å². The molecule has 2 atom stereocenters. The number of nitrogens with two attached hydrogens (primary N) is 1. The van der Waals surface area contributed by atoms with Gasteiger partial charge >= 0.3 is 0 Å². The Kier molecular flexibility index (Phi) is 5.80. The smallest absolute Gasteiger partial charge is 0.272 e. The molecule has 1 fully saturated rings. The van der Waals surface area contributed by atoms with Gasteiger partial charge in [0.05, 0.1) is 17.9 Å². The normalized spacial score (nSPS) is 23.8. The van der Waals surface area contributed by atoms with Crippen molar-refractivity contribution in [3.63, 3.8) is 0 Å². The van der Waals surface area contributed by atoms with E-state index < -0.39 is 0 Å². The minimum atomic E-state index is -0.126. The van der Waals surface area contributed by atoms with Gasteiger partial charge in [-0.3, -0.25) is 4.79 Å². The van der Waals surface area contributed by atoms with Crippen LogP contribution in [0.15, 0.2) is 6.20 Å². The van der Waals surface area contributed by atoms with Crippen molar-refractivity contribution in [3.8, 4) is 0 Å². The summed E-state index contributed by atoms with van der Waals surface area (Å²) < 4.78 is 7.74. The van der Waals surface area contributed by atoms with Crippen LogP contribution in [0.4, 0.5) is 0 Å². The second kappa shape index (κ2) is 6.88. The lowest BCUT2D eigenvalue weighted by molar-refractivity contribution is 0.0904. The van der Waals surface area contributed by atoms with E-state index in [0.717, 1.165) is 31.0 Å². The van der Waals surface area contributed by atoms with E-state index >= 15 is 0 Å². The Bertz CT molecular complexity index is 346. The lowest BCUT2D eigenvalue weighted by atomic mass is 9.84. The Hall–Kier alpha value is -0.720. The third-order valence-electron chi connectivity index (χ3n) is 3.12. The van der Waals surface area contributed by atoms with Crippen molar-refractivity contribution < 1.29 is 4.79 Å². The van der Waals surface area contributed by atoms with Crippen LogP contribution in [0, 0.1) is 5.92 Å². The number of nitrogens with one attached hydrogen (secondary N) is 1. The highest BCUT2D eigenvalue weighted by Crippen LogP contribution is 2.23. The summed E-state index contributed by atoms with van der Waals surface area (Å²) in [7, 11) is 0. The van der Waals surface area contributed by atoms with Gasteiger partial charge in [0, 0.05) is 6.04 Å². The summed E-state index contributed by atoms with van der Waals surface area (Å²) in [6.07, 6.45) is 6.01. The van der Waals surface area contributed by atoms with Crippen molar-refractivity contribution in [1.29, 1.82) is 0 Å². The van der Waals surface area contributed by atoms with Crippen LogP contribution in [0.3, 0.4) is 0 Å². The fourth-order valence-electron chi connectivity index (χ4n) is 2.19. The van der Waals surface area contributed by atoms with Gasteiger partial charge in [-0.25, -0.2) is 0 Å². The van der Waals surface area contributed by atoms with Crippen molar-refractivity contribution in [2.24, 2.45) is 11.7 Å². The maximum Gasteiger partial charge on any atom is 0.272 e. The Morgan fingerprint density at radius 2 is 2.29 bits per heavy atom. The molecule has 1 aromatic rings. The first-order valence-electron chi connectivity index (χ1n) is 5.59. The maximum absolute atomic E-state index is 11.8. The van der Waals surface area contributed by atoms with E-state index in [1.807, 2.05) is 0 Å². The van der Waals surface area contributed by atoms with Crippen LogP contribution in [0.2, 0.25) is 0 Å². The standard InChI is InChI=1S/C10H16N4OS.ClH/c11-5-7-3-1-2-4-8(7)13-10(15)9-6-12-16-14-9;/h6-8H,1-5,11H2,(H,13,15);1H. The predicted octanol–water partition coefficient (Wildman–Crippen LogP) is 1.21. The zero-order valence-corrected chi connectivity index (χ0v) is 11.1. The molecular formula is C10H17ClN4OS. The van der Waals surface area contributed by atoms with Crippen molar-refractivity contribution in [2.75, 3.05) is 6.54 Å². The van der Waals surface area contributed by atoms with Crippen molar-refractivity contribution in [2.45, 2.75) is 31.7 Å². The van der Waals surface area contributed by atoms with E-state index in [1.165, 1.54) is 12.6 Å². The lowest BCUT2D eigenvalue weighted by Gasteiger charge is -2.30. The average molecular weight is 277 g/mol. The molecule has 1 heterocycles. The van der Waals surface area contributed by atoms with E-state index in [2.05, 4.69) is 14.1 Å². The highest BCUT2D eigenvalue weighted by atomic mass is 35.5. The van der Waals surface area contributed by atoms with E-state index in [-0.39, 0.29) is 24.4 Å². The van der Waals surface area contributed by atoms with Gasteiger partial charge in [-0.15, -0.1) is 12.4 Å². The first kappa shape index (κ1) is 14.3. The van der Waals surface area contributed by atoms with Gasteiger partial charge in [0.2, 0.25) is 0 Å². The molecule has 3 N–H and O–H groups in total. The van der Waals surface area contributed by atoms with E-state index in [4.69, 9.17) is 5.73 Å². The van der Waals surface area contributed by atoms with Gasteiger partial charge in [0.1, 0.15) is 0 Å². The van der Waals surface area contributed by atoms with Gasteiger partial charge in [-0.2, -0.15) is 8.75 Å². The van der Waals surface area contributed by atoms with Gasteiger partial charge in [0.25, 0.3) is 5.91 Å². The molecule has 7 heteroatoms. The zero-order valence-electron chi connectivity index (χ0n) is 9.46. The molecule has 1 saturated carbocycles. The minimum Gasteiger partial charge on any atom is -0.348 e. The molecule has 1 aromatic heterocycles. The first-order chi connectivity index (χ1) is 7.81. The topological polar surface area (TPSA) is 80.9 Å². The Morgan fingerprint density at radius 3 is 2.94 bits per heavy atom. The van der Waals surface area contributed by atoms with Crippen LogP contribution < -0.4 is 11.1 Å². The lowest BCUT2D eigenvalue weighted by Crippen LogP contribution is -2.44. The molecule has 5 nitrogen and oxygen atoms in total. The summed E-state index contributed by atoms with van der Waals surface area (Å²) in [5.41, 5.74) is 6.12. The molecule has 1 amide bonds. The molecule has 1 aliphatic carbocycles. The second-order valence-corrected chi connectivity index (χ2v) is 4.71. The van der Waals surface area contributed by atoms with Gasteiger partial charge in [-0.05, 0) is 25.3 Å². The number of aromatic nitrogens is 2. The SMILES string of the molecule is Cl.NCC1CCCCC1NC(=O)c1cnsn1.